The highest BCUT2D eigenvalue weighted by molar-refractivity contribution is 8.72. The van der Waals surface area contributed by atoms with E-state index in [1.807, 2.05) is 13.8 Å². The predicted molar refractivity (Wildman–Crippen MR) is 120 cm³/mol. The Bertz CT molecular complexity index is 867. The van der Waals surface area contributed by atoms with Gasteiger partial charge in [-0.05, 0) is 72.5 Å². The van der Waals surface area contributed by atoms with Crippen LogP contribution in [-0.2, 0) is 17.7 Å². The van der Waals surface area contributed by atoms with Crippen LogP contribution in [0.15, 0.2) is 58.3 Å². The third kappa shape index (κ3) is 7.46. The van der Waals surface area contributed by atoms with Crippen LogP contribution in [0, 0.1) is 13.8 Å². The summed E-state index contributed by atoms with van der Waals surface area (Å²) in [6.45, 7) is 3.85. The van der Waals surface area contributed by atoms with E-state index in [0.29, 0.717) is 21.3 Å². The molecule has 8 heteroatoms. The van der Waals surface area contributed by atoms with Crippen LogP contribution in [-0.4, -0.2) is 28.3 Å². The molecule has 2 aromatic rings. The van der Waals surface area contributed by atoms with Crippen LogP contribution in [0.1, 0.15) is 36.8 Å². The minimum atomic E-state index is -3.29. The first-order chi connectivity index (χ1) is 13.2. The normalized spacial score (nSPS) is 12.2. The van der Waals surface area contributed by atoms with E-state index in [4.69, 9.17) is 0 Å². The Morgan fingerprint density at radius 2 is 0.893 bits per heavy atom. The van der Waals surface area contributed by atoms with Gasteiger partial charge in [0, 0.05) is 11.5 Å². The first-order valence-corrected chi connectivity index (χ1v) is 15.1. The molecule has 0 aliphatic rings. The second-order valence-electron chi connectivity index (χ2n) is 6.59. The van der Waals surface area contributed by atoms with Gasteiger partial charge >= 0.3 is 0 Å². The van der Waals surface area contributed by atoms with Crippen molar-refractivity contribution in [3.63, 3.8) is 0 Å². The van der Waals surface area contributed by atoms with Gasteiger partial charge in [0.15, 0.2) is 0 Å². The summed E-state index contributed by atoms with van der Waals surface area (Å²) < 4.78 is 49.0. The lowest BCUT2D eigenvalue weighted by atomic mass is 10.2. The van der Waals surface area contributed by atoms with Gasteiger partial charge in [0.2, 0.25) is 17.7 Å². The average molecular weight is 459 g/mol. The van der Waals surface area contributed by atoms with Crippen LogP contribution in [0.3, 0.4) is 0 Å². The molecule has 0 saturated carbocycles. The van der Waals surface area contributed by atoms with Gasteiger partial charge < -0.3 is 0 Å². The minimum Gasteiger partial charge on any atom is -0.212 e. The highest BCUT2D eigenvalue weighted by Crippen LogP contribution is 2.26. The third-order valence-corrected chi connectivity index (χ3v) is 11.4. The van der Waals surface area contributed by atoms with Crippen LogP contribution in [0.5, 0.6) is 0 Å². The Morgan fingerprint density at radius 3 is 1.21 bits per heavy atom. The molecule has 2 aromatic carbocycles. The molecule has 2 rings (SSSR count). The minimum absolute atomic E-state index is 0.348. The quantitative estimate of drug-likeness (QED) is 0.331. The molecule has 0 radical (unpaired) electrons. The Balaban J connectivity index is 1.63. The zero-order chi connectivity index (χ0) is 20.6. The lowest BCUT2D eigenvalue weighted by molar-refractivity contribution is 0.608. The first kappa shape index (κ1) is 23.3. The lowest BCUT2D eigenvalue weighted by Gasteiger charge is -2.06. The Hall–Kier alpha value is -0.960. The molecule has 0 N–H and O–H groups in total. The number of benzene rings is 2. The van der Waals surface area contributed by atoms with E-state index in [2.05, 4.69) is 0 Å². The molecule has 0 amide bonds. The molecule has 0 spiro atoms. The molecule has 0 atom stereocenters. The maximum Gasteiger partial charge on any atom is 0.229 e. The average Bonchev–Trinajstić information content (AvgIpc) is 2.64. The molecule has 0 aliphatic carbocycles. The molecule has 0 heterocycles. The van der Waals surface area contributed by atoms with Gasteiger partial charge in [-0.1, -0.05) is 48.2 Å². The largest absolute Gasteiger partial charge is 0.229 e. The van der Waals surface area contributed by atoms with Crippen molar-refractivity contribution in [2.24, 2.45) is 0 Å². The van der Waals surface area contributed by atoms with Gasteiger partial charge in [0.05, 0.1) is 9.79 Å². The maximum atomic E-state index is 12.2. The summed E-state index contributed by atoms with van der Waals surface area (Å²) in [6, 6.07) is 13.8. The third-order valence-electron chi connectivity index (χ3n) is 4.13. The topological polar surface area (TPSA) is 68.3 Å². The van der Waals surface area contributed by atoms with Crippen molar-refractivity contribution in [3.05, 3.63) is 59.7 Å². The second kappa shape index (κ2) is 10.7. The SMILES string of the molecule is Cc1ccc(S(=O)(=O)SCCCCCCSS(=O)(=O)c2ccc(C)cc2)cc1. The molecule has 0 aromatic heterocycles. The molecular weight excluding hydrogens is 432 g/mol. The molecule has 28 heavy (non-hydrogen) atoms. The summed E-state index contributed by atoms with van der Waals surface area (Å²) in [5.74, 6) is 1.09. The van der Waals surface area contributed by atoms with Crippen molar-refractivity contribution >= 4 is 39.3 Å². The van der Waals surface area contributed by atoms with Crippen LogP contribution >= 0.6 is 21.6 Å². The van der Waals surface area contributed by atoms with Gasteiger partial charge in [0.1, 0.15) is 0 Å². The molecule has 0 fully saturated rings. The van der Waals surface area contributed by atoms with Gasteiger partial charge in [-0.2, -0.15) is 0 Å². The smallest absolute Gasteiger partial charge is 0.212 e. The summed E-state index contributed by atoms with van der Waals surface area (Å²) >= 11 is 0. The van der Waals surface area contributed by atoms with Crippen LogP contribution in [0.2, 0.25) is 0 Å². The molecule has 0 unspecified atom stereocenters. The summed E-state index contributed by atoms with van der Waals surface area (Å²) in [4.78, 5) is 0.696. The zero-order valence-corrected chi connectivity index (χ0v) is 19.4. The second-order valence-corrected chi connectivity index (χ2v) is 14.7. The van der Waals surface area contributed by atoms with Crippen molar-refractivity contribution in [2.75, 3.05) is 11.5 Å². The number of unbranched alkanes of at least 4 members (excludes halogenated alkanes) is 3. The fourth-order valence-electron chi connectivity index (χ4n) is 2.44. The van der Waals surface area contributed by atoms with Gasteiger partial charge in [-0.25, -0.2) is 16.8 Å². The van der Waals surface area contributed by atoms with E-state index in [1.54, 1.807) is 48.5 Å². The summed E-state index contributed by atoms with van der Waals surface area (Å²) in [6.07, 6.45) is 3.37. The van der Waals surface area contributed by atoms with Crippen molar-refractivity contribution in [1.29, 1.82) is 0 Å². The van der Waals surface area contributed by atoms with Gasteiger partial charge in [-0.15, -0.1) is 0 Å². The van der Waals surface area contributed by atoms with Gasteiger partial charge in [0.25, 0.3) is 0 Å². The molecule has 154 valence electrons. The van der Waals surface area contributed by atoms with Crippen molar-refractivity contribution in [2.45, 2.75) is 49.3 Å². The fourth-order valence-corrected chi connectivity index (χ4v) is 8.24. The molecule has 0 bridgehead atoms. The van der Waals surface area contributed by atoms with Crippen molar-refractivity contribution in [1.82, 2.24) is 0 Å². The van der Waals surface area contributed by atoms with E-state index < -0.39 is 17.7 Å². The van der Waals surface area contributed by atoms with E-state index in [1.165, 1.54) is 0 Å². The predicted octanol–water partition coefficient (Wildman–Crippen LogP) is 5.41. The number of aryl methyl sites for hydroxylation is 2. The molecule has 0 aliphatic heterocycles. The van der Waals surface area contributed by atoms with Crippen LogP contribution < -0.4 is 0 Å². The summed E-state index contributed by atoms with van der Waals surface area (Å²) in [7, 11) is -4.64. The fraction of sp³-hybridized carbons (Fsp3) is 0.400. The van der Waals surface area contributed by atoms with E-state index in [0.717, 1.165) is 58.4 Å². The molecule has 4 nitrogen and oxygen atoms in total. The van der Waals surface area contributed by atoms with Crippen LogP contribution in [0.25, 0.3) is 0 Å². The Kier molecular flexibility index (Phi) is 8.92. The molecular formula is C20H26O4S4. The van der Waals surface area contributed by atoms with E-state index >= 15 is 0 Å². The van der Waals surface area contributed by atoms with Crippen LogP contribution in [0.4, 0.5) is 0 Å². The van der Waals surface area contributed by atoms with Gasteiger partial charge in [-0.3, -0.25) is 0 Å². The number of hydrogen-bond donors (Lipinski definition) is 0. The number of hydrogen-bond acceptors (Lipinski definition) is 6. The van der Waals surface area contributed by atoms with Crippen molar-refractivity contribution < 1.29 is 16.8 Å². The Morgan fingerprint density at radius 1 is 0.571 bits per heavy atom. The summed E-state index contributed by atoms with van der Waals surface area (Å²) in [5, 5.41) is 0. The highest BCUT2D eigenvalue weighted by Gasteiger charge is 2.15. The molecule has 0 saturated heterocycles. The standard InChI is InChI=1S/C20H26O4S4/c1-17-7-11-19(12-8-17)27(21,22)25-15-5-3-4-6-16-26-28(23,24)20-13-9-18(2)10-14-20/h7-14H,3-6,15-16H2,1-2H3. The number of rotatable bonds is 11. The maximum absolute atomic E-state index is 12.2. The van der Waals surface area contributed by atoms with E-state index in [9.17, 15) is 16.8 Å². The summed E-state index contributed by atoms with van der Waals surface area (Å²) in [5.41, 5.74) is 2.07. The monoisotopic (exact) mass is 458 g/mol. The lowest BCUT2D eigenvalue weighted by Crippen LogP contribution is -1.98. The highest BCUT2D eigenvalue weighted by atomic mass is 33.1. The van der Waals surface area contributed by atoms with E-state index in [-0.39, 0.29) is 0 Å². The zero-order valence-electron chi connectivity index (χ0n) is 16.1. The first-order valence-electron chi connectivity index (χ1n) is 9.13. The Labute approximate surface area is 176 Å². The van der Waals surface area contributed by atoms with Crippen molar-refractivity contribution in [3.8, 4) is 0 Å².